The smallest absolute Gasteiger partial charge is 0.338 e. The molecule has 0 bridgehead atoms. The van der Waals surface area contributed by atoms with Crippen LogP contribution < -0.4 is 25.5 Å². The Balaban J connectivity index is 1.68. The van der Waals surface area contributed by atoms with Crippen LogP contribution in [0.25, 0.3) is 0 Å². The molecule has 1 heterocycles. The molecule has 1 atom stereocenters. The third kappa shape index (κ3) is 7.68. The number of ether oxygens (including phenoxy) is 3. The van der Waals surface area contributed by atoms with E-state index in [0.29, 0.717) is 37.9 Å². The summed E-state index contributed by atoms with van der Waals surface area (Å²) in [6.07, 6.45) is 6.76. The molecule has 1 aliphatic rings. The molecule has 38 heavy (non-hydrogen) atoms. The van der Waals surface area contributed by atoms with Gasteiger partial charge in [0, 0.05) is 11.3 Å². The van der Waals surface area contributed by atoms with E-state index in [1.54, 1.807) is 44.2 Å². The van der Waals surface area contributed by atoms with Gasteiger partial charge in [0.25, 0.3) is 5.91 Å². The van der Waals surface area contributed by atoms with Crippen molar-refractivity contribution in [3.63, 3.8) is 0 Å². The van der Waals surface area contributed by atoms with E-state index in [1.165, 1.54) is 6.21 Å². The number of benzene rings is 2. The molecule has 2 aromatic rings. The Hall–Kier alpha value is -3.15. The highest BCUT2D eigenvalue weighted by atomic mass is 127. The number of esters is 1. The maximum atomic E-state index is 12.7. The lowest BCUT2D eigenvalue weighted by atomic mass is 9.95. The number of amides is 1. The van der Waals surface area contributed by atoms with Crippen LogP contribution >= 0.6 is 50.7 Å². The van der Waals surface area contributed by atoms with Crippen LogP contribution in [0.1, 0.15) is 31.0 Å². The standard InChI is InChI=1S/C26H24BrIN4O5S/c1-4-10-36-24-18(27)11-16(12-19(24)28)13-29-32-21(33)14-37-20-9-7-6-8-17(20)23-22(25(34)35-5-2)15(3)30-26(38)31-23/h1,6-9,11-13,23H,5,10,14H2,2-3H3,(H,32,33)(H2,30,31,38)/t23-/m1/s1. The predicted octanol–water partition coefficient (Wildman–Crippen LogP) is 3.95. The van der Waals surface area contributed by atoms with Crippen LogP contribution in [0, 0.1) is 15.9 Å². The summed E-state index contributed by atoms with van der Waals surface area (Å²) >= 11 is 10.9. The number of hydrogen-bond donors (Lipinski definition) is 3. The monoisotopic (exact) mass is 710 g/mol. The second kappa shape index (κ2) is 14.1. The molecule has 2 aromatic carbocycles. The molecule has 9 nitrogen and oxygen atoms in total. The van der Waals surface area contributed by atoms with Crippen molar-refractivity contribution in [1.82, 2.24) is 16.1 Å². The first-order valence-electron chi connectivity index (χ1n) is 11.3. The van der Waals surface area contributed by atoms with Crippen molar-refractivity contribution >= 4 is 73.9 Å². The Bertz CT molecular complexity index is 1320. The van der Waals surface area contributed by atoms with Gasteiger partial charge in [-0.15, -0.1) is 6.42 Å². The van der Waals surface area contributed by atoms with Crippen molar-refractivity contribution in [2.24, 2.45) is 5.10 Å². The fraction of sp³-hybridized carbons (Fsp3) is 0.231. The maximum Gasteiger partial charge on any atom is 0.338 e. The zero-order chi connectivity index (χ0) is 27.7. The summed E-state index contributed by atoms with van der Waals surface area (Å²) in [5.74, 6) is 2.53. The highest BCUT2D eigenvalue weighted by Gasteiger charge is 2.32. The lowest BCUT2D eigenvalue weighted by Gasteiger charge is -2.30. The topological polar surface area (TPSA) is 110 Å². The van der Waals surface area contributed by atoms with Gasteiger partial charge in [-0.2, -0.15) is 5.10 Å². The molecule has 12 heteroatoms. The first kappa shape index (κ1) is 29.4. The number of para-hydroxylation sites is 1. The third-order valence-electron chi connectivity index (χ3n) is 5.08. The summed E-state index contributed by atoms with van der Waals surface area (Å²) in [4.78, 5) is 25.1. The highest BCUT2D eigenvalue weighted by molar-refractivity contribution is 14.1. The molecule has 0 aromatic heterocycles. The number of rotatable bonds is 10. The first-order valence-corrected chi connectivity index (χ1v) is 13.6. The van der Waals surface area contributed by atoms with Gasteiger partial charge in [-0.05, 0) is 88.3 Å². The van der Waals surface area contributed by atoms with Gasteiger partial charge in [-0.25, -0.2) is 10.2 Å². The molecule has 3 rings (SSSR count). The molecule has 0 radical (unpaired) electrons. The van der Waals surface area contributed by atoms with Crippen LogP contribution in [-0.4, -0.2) is 43.0 Å². The molecule has 0 fully saturated rings. The van der Waals surface area contributed by atoms with E-state index in [4.69, 9.17) is 32.9 Å². The first-order chi connectivity index (χ1) is 18.2. The maximum absolute atomic E-state index is 12.7. The molecular formula is C26H24BrIN4O5S. The van der Waals surface area contributed by atoms with Crippen LogP contribution in [0.15, 0.2) is 57.2 Å². The number of terminal acetylenes is 1. The van der Waals surface area contributed by atoms with E-state index in [0.717, 1.165) is 9.13 Å². The minimum Gasteiger partial charge on any atom is -0.483 e. The lowest BCUT2D eigenvalue weighted by Crippen LogP contribution is -2.45. The fourth-order valence-electron chi connectivity index (χ4n) is 3.52. The molecule has 0 spiro atoms. The molecule has 3 N–H and O–H groups in total. The second-order valence-electron chi connectivity index (χ2n) is 7.72. The minimum absolute atomic E-state index is 0.154. The van der Waals surface area contributed by atoms with E-state index >= 15 is 0 Å². The number of allylic oxidation sites excluding steroid dienone is 1. The number of carbonyl (C=O) groups excluding carboxylic acids is 2. The largest absolute Gasteiger partial charge is 0.483 e. The number of halogens is 2. The van der Waals surface area contributed by atoms with Gasteiger partial charge < -0.3 is 24.8 Å². The molecule has 0 unspecified atom stereocenters. The molecule has 0 aliphatic carbocycles. The van der Waals surface area contributed by atoms with E-state index in [1.807, 2.05) is 6.07 Å². The average molecular weight is 711 g/mol. The van der Waals surface area contributed by atoms with Gasteiger partial charge in [0.15, 0.2) is 11.7 Å². The minimum atomic E-state index is -0.617. The van der Waals surface area contributed by atoms with E-state index in [2.05, 4.69) is 65.6 Å². The van der Waals surface area contributed by atoms with Gasteiger partial charge >= 0.3 is 5.97 Å². The highest BCUT2D eigenvalue weighted by Crippen LogP contribution is 2.34. The van der Waals surface area contributed by atoms with E-state index in [9.17, 15) is 9.59 Å². The number of thiocarbonyl (C=S) groups is 1. The van der Waals surface area contributed by atoms with Gasteiger partial charge in [0.05, 0.1) is 32.5 Å². The van der Waals surface area contributed by atoms with E-state index < -0.39 is 17.9 Å². The quantitative estimate of drug-likeness (QED) is 0.0850. The third-order valence-corrected chi connectivity index (χ3v) is 6.69. The number of hydrogen-bond acceptors (Lipinski definition) is 7. The van der Waals surface area contributed by atoms with Gasteiger partial charge in [0.2, 0.25) is 0 Å². The Labute approximate surface area is 248 Å². The Kier molecular flexibility index (Phi) is 10.9. The summed E-state index contributed by atoms with van der Waals surface area (Å²) in [5, 5.41) is 10.4. The van der Waals surface area contributed by atoms with Gasteiger partial charge in [-0.3, -0.25) is 4.79 Å². The van der Waals surface area contributed by atoms with Crippen molar-refractivity contribution in [3.05, 3.63) is 66.8 Å². The SMILES string of the molecule is C#CCOc1c(Br)cc(C=NNC(=O)COc2ccccc2[C@H]2NC(=S)NC(C)=C2C(=O)OCC)cc1I. The van der Waals surface area contributed by atoms with Crippen LogP contribution in [0.5, 0.6) is 11.5 Å². The number of carbonyl (C=O) groups is 2. The predicted molar refractivity (Wildman–Crippen MR) is 160 cm³/mol. The number of nitrogens with zero attached hydrogens (tertiary/aromatic N) is 1. The number of nitrogens with one attached hydrogen (secondary N) is 3. The van der Waals surface area contributed by atoms with Gasteiger partial charge in [0.1, 0.15) is 18.1 Å². The zero-order valence-corrected chi connectivity index (χ0v) is 25.0. The van der Waals surface area contributed by atoms with Crippen LogP contribution in [0.3, 0.4) is 0 Å². The van der Waals surface area contributed by atoms with Gasteiger partial charge in [-0.1, -0.05) is 24.1 Å². The summed E-state index contributed by atoms with van der Waals surface area (Å²) < 4.78 is 18.1. The summed E-state index contributed by atoms with van der Waals surface area (Å²) in [6, 6.07) is 10.1. The molecular weight excluding hydrogens is 687 g/mol. The van der Waals surface area contributed by atoms with Crippen molar-refractivity contribution in [2.75, 3.05) is 19.8 Å². The summed E-state index contributed by atoms with van der Waals surface area (Å²) in [5.41, 5.74) is 4.77. The Morgan fingerprint density at radius 1 is 1.32 bits per heavy atom. The van der Waals surface area contributed by atoms with Crippen molar-refractivity contribution < 1.29 is 23.8 Å². The summed E-state index contributed by atoms with van der Waals surface area (Å²) in [6.45, 7) is 3.56. The van der Waals surface area contributed by atoms with Crippen LogP contribution in [0.4, 0.5) is 0 Å². The Morgan fingerprint density at radius 2 is 2.08 bits per heavy atom. The molecule has 1 aliphatic heterocycles. The second-order valence-corrected chi connectivity index (χ2v) is 10.1. The van der Waals surface area contributed by atoms with Crippen LogP contribution in [0.2, 0.25) is 0 Å². The molecule has 198 valence electrons. The van der Waals surface area contributed by atoms with E-state index in [-0.39, 0.29) is 19.8 Å². The van der Waals surface area contributed by atoms with Crippen LogP contribution in [-0.2, 0) is 14.3 Å². The normalized spacial score (nSPS) is 14.8. The molecule has 1 amide bonds. The number of hydrazone groups is 1. The zero-order valence-electron chi connectivity index (χ0n) is 20.5. The fourth-order valence-corrected chi connectivity index (χ4v) is 5.56. The molecule has 0 saturated heterocycles. The molecule has 0 saturated carbocycles. The lowest BCUT2D eigenvalue weighted by molar-refractivity contribution is -0.139. The van der Waals surface area contributed by atoms with Crippen molar-refractivity contribution in [1.29, 1.82) is 0 Å². The summed E-state index contributed by atoms with van der Waals surface area (Å²) in [7, 11) is 0. The average Bonchev–Trinajstić information content (AvgIpc) is 2.87. The van der Waals surface area contributed by atoms with Crippen molar-refractivity contribution in [2.45, 2.75) is 19.9 Å². The van der Waals surface area contributed by atoms with Crippen molar-refractivity contribution in [3.8, 4) is 23.8 Å². The Morgan fingerprint density at radius 3 is 2.79 bits per heavy atom.